The number of Topliss-reactive ketones (excluding diaryl/α,β-unsaturated/α-hetero) is 2. The van der Waals surface area contributed by atoms with Gasteiger partial charge in [0, 0.05) is 12.8 Å². The average Bonchev–Trinajstić information content (AvgIpc) is 2.51. The molecular weight excluding hydrogens is 276 g/mol. The fraction of sp³-hybridized carbons (Fsp3) is 0.400. The summed E-state index contributed by atoms with van der Waals surface area (Å²) >= 11 is 0. The maximum Gasteiger partial charge on any atom is 0.313 e. The monoisotopic (exact) mass is 294 g/mol. The Hall–Kier alpha value is -2.37. The smallest absolute Gasteiger partial charge is 0.313 e. The Balaban J connectivity index is 2.71. The van der Waals surface area contributed by atoms with Crippen molar-refractivity contribution in [2.24, 2.45) is 0 Å². The van der Waals surface area contributed by atoms with Crippen molar-refractivity contribution in [2.45, 2.75) is 19.3 Å². The molecule has 21 heavy (non-hydrogen) atoms. The maximum atomic E-state index is 12.1. The van der Waals surface area contributed by atoms with E-state index in [0.29, 0.717) is 17.1 Å². The summed E-state index contributed by atoms with van der Waals surface area (Å²) in [6, 6.07) is 4.87. The zero-order valence-corrected chi connectivity index (χ0v) is 12.3. The van der Waals surface area contributed by atoms with Crippen LogP contribution < -0.4 is 9.47 Å². The van der Waals surface area contributed by atoms with Crippen LogP contribution in [0.4, 0.5) is 0 Å². The quantitative estimate of drug-likeness (QED) is 0.413. The summed E-state index contributed by atoms with van der Waals surface area (Å²) in [6.07, 6.45) is -0.341. The van der Waals surface area contributed by atoms with Crippen LogP contribution in [0.1, 0.15) is 29.6 Å². The average molecular weight is 294 g/mol. The topological polar surface area (TPSA) is 78.9 Å². The highest BCUT2D eigenvalue weighted by Gasteiger charge is 2.16. The third kappa shape index (κ3) is 4.91. The van der Waals surface area contributed by atoms with E-state index < -0.39 is 5.97 Å². The van der Waals surface area contributed by atoms with Crippen molar-refractivity contribution in [1.29, 1.82) is 0 Å². The lowest BCUT2D eigenvalue weighted by Gasteiger charge is -2.09. The first-order valence-electron chi connectivity index (χ1n) is 6.35. The molecule has 6 heteroatoms. The lowest BCUT2D eigenvalue weighted by molar-refractivity contribution is -0.143. The molecule has 0 aliphatic rings. The molecule has 0 atom stereocenters. The Morgan fingerprint density at radius 1 is 1.00 bits per heavy atom. The van der Waals surface area contributed by atoms with Gasteiger partial charge in [-0.25, -0.2) is 0 Å². The van der Waals surface area contributed by atoms with Crippen LogP contribution in [0.25, 0.3) is 0 Å². The molecule has 0 N–H and O–H groups in total. The fourth-order valence-corrected chi connectivity index (χ4v) is 1.74. The van der Waals surface area contributed by atoms with Gasteiger partial charge in [-0.05, 0) is 18.2 Å². The minimum Gasteiger partial charge on any atom is -0.497 e. The second-order valence-electron chi connectivity index (χ2n) is 4.28. The number of ketones is 2. The van der Waals surface area contributed by atoms with E-state index in [1.54, 1.807) is 18.2 Å². The molecule has 1 aromatic carbocycles. The predicted molar refractivity (Wildman–Crippen MR) is 74.8 cm³/mol. The van der Waals surface area contributed by atoms with Crippen LogP contribution in [0.5, 0.6) is 11.5 Å². The summed E-state index contributed by atoms with van der Waals surface area (Å²) in [5.41, 5.74) is 0.350. The van der Waals surface area contributed by atoms with E-state index in [0.717, 1.165) is 0 Å². The molecule has 0 heterocycles. The number of methoxy groups -OCH3 is 3. The van der Waals surface area contributed by atoms with Gasteiger partial charge < -0.3 is 14.2 Å². The van der Waals surface area contributed by atoms with Crippen molar-refractivity contribution in [3.8, 4) is 11.5 Å². The van der Waals surface area contributed by atoms with Gasteiger partial charge in [-0.1, -0.05) is 0 Å². The van der Waals surface area contributed by atoms with Gasteiger partial charge in [0.05, 0.1) is 26.9 Å². The number of hydrogen-bond acceptors (Lipinski definition) is 6. The van der Waals surface area contributed by atoms with Crippen molar-refractivity contribution in [1.82, 2.24) is 0 Å². The SMILES string of the molecule is COC(=O)CC(=O)CCC(=O)c1cc(OC)ccc1OC. The van der Waals surface area contributed by atoms with Gasteiger partial charge in [0.25, 0.3) is 0 Å². The van der Waals surface area contributed by atoms with Gasteiger partial charge in [-0.3, -0.25) is 14.4 Å². The van der Waals surface area contributed by atoms with E-state index in [9.17, 15) is 14.4 Å². The molecule has 0 saturated carbocycles. The van der Waals surface area contributed by atoms with Crippen LogP contribution in [0.3, 0.4) is 0 Å². The Morgan fingerprint density at radius 2 is 1.71 bits per heavy atom. The number of carbonyl (C=O) groups is 3. The molecule has 0 fully saturated rings. The molecule has 0 radical (unpaired) electrons. The van der Waals surface area contributed by atoms with Crippen LogP contribution in [-0.2, 0) is 14.3 Å². The number of ether oxygens (including phenoxy) is 3. The van der Waals surface area contributed by atoms with Crippen molar-refractivity contribution in [2.75, 3.05) is 21.3 Å². The Labute approximate surface area is 123 Å². The van der Waals surface area contributed by atoms with Gasteiger partial charge in [0.1, 0.15) is 23.7 Å². The Kier molecular flexibility index (Phi) is 6.39. The van der Waals surface area contributed by atoms with E-state index in [2.05, 4.69) is 4.74 Å². The first kappa shape index (κ1) is 16.7. The highest BCUT2D eigenvalue weighted by molar-refractivity contribution is 6.02. The molecule has 0 aromatic heterocycles. The number of hydrogen-bond donors (Lipinski definition) is 0. The molecule has 114 valence electrons. The van der Waals surface area contributed by atoms with Gasteiger partial charge >= 0.3 is 5.97 Å². The lowest BCUT2D eigenvalue weighted by atomic mass is 10.0. The third-order valence-electron chi connectivity index (χ3n) is 2.91. The Bertz CT molecular complexity index is 535. The molecular formula is C15H18O6. The zero-order chi connectivity index (χ0) is 15.8. The van der Waals surface area contributed by atoms with E-state index in [1.165, 1.54) is 21.3 Å². The second-order valence-corrected chi connectivity index (χ2v) is 4.28. The van der Waals surface area contributed by atoms with Crippen molar-refractivity contribution in [3.05, 3.63) is 23.8 Å². The summed E-state index contributed by atoms with van der Waals surface area (Å²) in [6.45, 7) is 0. The van der Waals surface area contributed by atoms with E-state index in [1.807, 2.05) is 0 Å². The van der Waals surface area contributed by atoms with Crippen molar-refractivity contribution in [3.63, 3.8) is 0 Å². The summed E-state index contributed by atoms with van der Waals surface area (Å²) in [5.74, 6) is -0.242. The molecule has 6 nitrogen and oxygen atoms in total. The van der Waals surface area contributed by atoms with E-state index >= 15 is 0 Å². The normalized spacial score (nSPS) is 9.86. The number of benzene rings is 1. The predicted octanol–water partition coefficient (Wildman–Crippen LogP) is 1.80. The number of rotatable bonds is 8. The molecule has 0 unspecified atom stereocenters. The van der Waals surface area contributed by atoms with Crippen LogP contribution in [-0.4, -0.2) is 38.9 Å². The number of carbonyl (C=O) groups excluding carboxylic acids is 3. The molecule has 0 aliphatic carbocycles. The van der Waals surface area contributed by atoms with Crippen LogP contribution in [0.15, 0.2) is 18.2 Å². The largest absolute Gasteiger partial charge is 0.497 e. The van der Waals surface area contributed by atoms with Gasteiger partial charge in [0.2, 0.25) is 0 Å². The van der Waals surface area contributed by atoms with Crippen molar-refractivity contribution >= 4 is 17.5 Å². The second kappa shape index (κ2) is 8.04. The summed E-state index contributed by atoms with van der Waals surface area (Å²) < 4.78 is 14.6. The highest BCUT2D eigenvalue weighted by Crippen LogP contribution is 2.25. The van der Waals surface area contributed by atoms with E-state index in [-0.39, 0.29) is 30.8 Å². The standard InChI is InChI=1S/C15H18O6/c1-19-11-5-7-14(20-2)12(9-11)13(17)6-4-10(16)8-15(18)21-3/h5,7,9H,4,6,8H2,1-3H3. The molecule has 1 aromatic rings. The highest BCUT2D eigenvalue weighted by atomic mass is 16.5. The molecule has 1 rings (SSSR count). The van der Waals surface area contributed by atoms with E-state index in [4.69, 9.17) is 9.47 Å². The lowest BCUT2D eigenvalue weighted by Crippen LogP contribution is -2.11. The Morgan fingerprint density at radius 3 is 2.29 bits per heavy atom. The first-order valence-corrected chi connectivity index (χ1v) is 6.35. The molecule has 0 aliphatic heterocycles. The zero-order valence-electron chi connectivity index (χ0n) is 12.3. The van der Waals surface area contributed by atoms with Crippen LogP contribution in [0, 0.1) is 0 Å². The molecule has 0 amide bonds. The third-order valence-corrected chi connectivity index (χ3v) is 2.91. The van der Waals surface area contributed by atoms with Gasteiger partial charge in [-0.2, -0.15) is 0 Å². The molecule has 0 bridgehead atoms. The van der Waals surface area contributed by atoms with Crippen molar-refractivity contribution < 1.29 is 28.6 Å². The summed E-state index contributed by atoms with van der Waals surface area (Å²) in [7, 11) is 4.17. The summed E-state index contributed by atoms with van der Waals surface area (Å²) in [4.78, 5) is 34.6. The first-order chi connectivity index (χ1) is 10.0. The molecule has 0 saturated heterocycles. The fourth-order valence-electron chi connectivity index (χ4n) is 1.74. The van der Waals surface area contributed by atoms with Gasteiger partial charge in [-0.15, -0.1) is 0 Å². The summed E-state index contributed by atoms with van der Waals surface area (Å²) in [5, 5.41) is 0. The maximum absolute atomic E-state index is 12.1. The van der Waals surface area contributed by atoms with Crippen LogP contribution in [0.2, 0.25) is 0 Å². The van der Waals surface area contributed by atoms with Crippen LogP contribution >= 0.6 is 0 Å². The minimum atomic E-state index is -0.605. The minimum absolute atomic E-state index is 0.000640. The molecule has 0 spiro atoms. The number of esters is 1. The van der Waals surface area contributed by atoms with Gasteiger partial charge in [0.15, 0.2) is 5.78 Å².